The number of carbonyl (C=O) groups excluding carboxylic acids is 1. The molecule has 2 N–H and O–H groups in total. The number of halogens is 2. The van der Waals surface area contributed by atoms with Crippen molar-refractivity contribution in [2.75, 3.05) is 0 Å². The molecule has 0 spiro atoms. The predicted molar refractivity (Wildman–Crippen MR) is 76.2 cm³/mol. The summed E-state index contributed by atoms with van der Waals surface area (Å²) in [4.78, 5) is 11.8. The number of nitrogens with one attached hydrogen (secondary N) is 1. The van der Waals surface area contributed by atoms with Crippen LogP contribution in [0.1, 0.15) is 15.9 Å². The summed E-state index contributed by atoms with van der Waals surface area (Å²) in [6.07, 6.45) is 1.19. The third-order valence-electron chi connectivity index (χ3n) is 2.61. The van der Waals surface area contributed by atoms with E-state index in [0.717, 1.165) is 0 Å². The molecule has 0 fully saturated rings. The highest BCUT2D eigenvalue weighted by atomic mass is 19.3. The molecule has 5 nitrogen and oxygen atoms in total. The summed E-state index contributed by atoms with van der Waals surface area (Å²) in [6.45, 7) is -2.95. The normalized spacial score (nSPS) is 10.9. The Labute approximate surface area is 124 Å². The van der Waals surface area contributed by atoms with Gasteiger partial charge in [-0.15, -0.1) is 0 Å². The number of benzene rings is 2. The fourth-order valence-electron chi connectivity index (χ4n) is 1.66. The Balaban J connectivity index is 2.05. The number of phenolic OH excluding ortho intramolecular Hbond substituents is 1. The van der Waals surface area contributed by atoms with E-state index in [0.29, 0.717) is 5.56 Å². The van der Waals surface area contributed by atoms with E-state index in [4.69, 9.17) is 0 Å². The molecule has 22 heavy (non-hydrogen) atoms. The molecule has 2 rings (SSSR count). The zero-order chi connectivity index (χ0) is 15.9. The number of alkyl halides is 2. The van der Waals surface area contributed by atoms with Crippen LogP contribution in [-0.2, 0) is 0 Å². The molecule has 0 bridgehead atoms. The van der Waals surface area contributed by atoms with Crippen molar-refractivity contribution in [3.63, 3.8) is 0 Å². The van der Waals surface area contributed by atoms with Gasteiger partial charge in [-0.1, -0.05) is 18.2 Å². The van der Waals surface area contributed by atoms with E-state index in [-0.39, 0.29) is 17.1 Å². The SMILES string of the molecule is O=C(N/N=C\c1ccccc1OC(F)F)c1cccc(O)c1. The summed E-state index contributed by atoms with van der Waals surface area (Å²) in [5.41, 5.74) is 2.74. The molecule has 0 saturated heterocycles. The lowest BCUT2D eigenvalue weighted by Gasteiger charge is -2.07. The molecule has 2 aromatic rings. The summed E-state index contributed by atoms with van der Waals surface area (Å²) in [7, 11) is 0. The second-order valence-electron chi connectivity index (χ2n) is 4.17. The van der Waals surface area contributed by atoms with Crippen molar-refractivity contribution >= 4 is 12.1 Å². The number of phenols is 1. The zero-order valence-corrected chi connectivity index (χ0v) is 11.2. The van der Waals surface area contributed by atoms with Crippen molar-refractivity contribution in [3.8, 4) is 11.5 Å². The standard InChI is InChI=1S/C15H12F2N2O3/c16-15(17)22-13-7-2-1-4-11(13)9-18-19-14(21)10-5-3-6-12(20)8-10/h1-9,15,20H,(H,19,21)/b18-9-. The molecular formula is C15H12F2N2O3. The van der Waals surface area contributed by atoms with Crippen molar-refractivity contribution in [1.82, 2.24) is 5.43 Å². The first-order valence-corrected chi connectivity index (χ1v) is 6.22. The maximum absolute atomic E-state index is 12.2. The third-order valence-corrected chi connectivity index (χ3v) is 2.61. The zero-order valence-electron chi connectivity index (χ0n) is 11.2. The lowest BCUT2D eigenvalue weighted by molar-refractivity contribution is -0.0499. The van der Waals surface area contributed by atoms with Gasteiger partial charge in [-0.3, -0.25) is 4.79 Å². The van der Waals surface area contributed by atoms with Gasteiger partial charge in [0.25, 0.3) is 5.91 Å². The smallest absolute Gasteiger partial charge is 0.387 e. The highest BCUT2D eigenvalue weighted by molar-refractivity contribution is 5.95. The minimum absolute atomic E-state index is 0.0483. The molecule has 7 heteroatoms. The summed E-state index contributed by atoms with van der Waals surface area (Å²) >= 11 is 0. The van der Waals surface area contributed by atoms with Gasteiger partial charge in [-0.2, -0.15) is 13.9 Å². The van der Waals surface area contributed by atoms with Gasteiger partial charge in [0.05, 0.1) is 6.21 Å². The van der Waals surface area contributed by atoms with E-state index in [1.54, 1.807) is 12.1 Å². The van der Waals surface area contributed by atoms with Crippen LogP contribution in [0, 0.1) is 0 Å². The van der Waals surface area contributed by atoms with Crippen LogP contribution in [0.2, 0.25) is 0 Å². The highest BCUT2D eigenvalue weighted by Crippen LogP contribution is 2.18. The van der Waals surface area contributed by atoms with Crippen LogP contribution < -0.4 is 10.2 Å². The van der Waals surface area contributed by atoms with Gasteiger partial charge >= 0.3 is 6.61 Å². The molecular weight excluding hydrogens is 294 g/mol. The minimum atomic E-state index is -2.95. The Morgan fingerprint density at radius 3 is 2.73 bits per heavy atom. The van der Waals surface area contributed by atoms with Crippen LogP contribution in [0.4, 0.5) is 8.78 Å². The van der Waals surface area contributed by atoms with E-state index in [9.17, 15) is 18.7 Å². The molecule has 0 atom stereocenters. The quantitative estimate of drug-likeness (QED) is 0.659. The molecule has 0 radical (unpaired) electrons. The minimum Gasteiger partial charge on any atom is -0.508 e. The summed E-state index contributed by atoms with van der Waals surface area (Å²) in [5, 5.41) is 13.0. The summed E-state index contributed by atoms with van der Waals surface area (Å²) < 4.78 is 28.8. The van der Waals surface area contributed by atoms with Crippen molar-refractivity contribution in [2.24, 2.45) is 5.10 Å². The van der Waals surface area contributed by atoms with Crippen molar-refractivity contribution < 1.29 is 23.4 Å². The van der Waals surface area contributed by atoms with E-state index >= 15 is 0 Å². The van der Waals surface area contributed by atoms with E-state index < -0.39 is 12.5 Å². The summed E-state index contributed by atoms with van der Waals surface area (Å²) in [5.74, 6) is -0.639. The molecule has 0 aromatic heterocycles. The third kappa shape index (κ3) is 4.27. The Morgan fingerprint density at radius 1 is 1.23 bits per heavy atom. The van der Waals surface area contributed by atoms with Crippen LogP contribution in [0.15, 0.2) is 53.6 Å². The molecule has 114 valence electrons. The number of para-hydroxylation sites is 1. The summed E-state index contributed by atoms with van der Waals surface area (Å²) in [6, 6.07) is 11.8. The molecule has 0 aliphatic heterocycles. The number of hydrogen-bond donors (Lipinski definition) is 2. The molecule has 0 unspecified atom stereocenters. The molecule has 2 aromatic carbocycles. The number of nitrogens with zero attached hydrogens (tertiary/aromatic N) is 1. The van der Waals surface area contributed by atoms with E-state index in [1.807, 2.05) is 0 Å². The second kappa shape index (κ2) is 7.16. The fraction of sp³-hybridized carbons (Fsp3) is 0.0667. The van der Waals surface area contributed by atoms with Gasteiger partial charge < -0.3 is 9.84 Å². The van der Waals surface area contributed by atoms with E-state index in [2.05, 4.69) is 15.3 Å². The maximum atomic E-state index is 12.2. The van der Waals surface area contributed by atoms with Gasteiger partial charge in [0, 0.05) is 11.1 Å². The van der Waals surface area contributed by atoms with Crippen molar-refractivity contribution in [3.05, 3.63) is 59.7 Å². The van der Waals surface area contributed by atoms with Crippen LogP contribution in [0.5, 0.6) is 11.5 Å². The number of aromatic hydroxyl groups is 1. The van der Waals surface area contributed by atoms with Crippen molar-refractivity contribution in [1.29, 1.82) is 0 Å². The number of hydrogen-bond acceptors (Lipinski definition) is 4. The topological polar surface area (TPSA) is 70.9 Å². The average molecular weight is 306 g/mol. The first-order valence-electron chi connectivity index (χ1n) is 6.22. The first kappa shape index (κ1) is 15.4. The first-order chi connectivity index (χ1) is 10.6. The Kier molecular flexibility index (Phi) is 5.02. The Hall–Kier alpha value is -2.96. The van der Waals surface area contributed by atoms with Gasteiger partial charge in [-0.25, -0.2) is 5.43 Å². The Bertz CT molecular complexity index is 690. The van der Waals surface area contributed by atoms with Gasteiger partial charge in [0.1, 0.15) is 11.5 Å². The second-order valence-corrected chi connectivity index (χ2v) is 4.17. The Morgan fingerprint density at radius 2 is 2.00 bits per heavy atom. The monoisotopic (exact) mass is 306 g/mol. The maximum Gasteiger partial charge on any atom is 0.387 e. The number of carbonyl (C=O) groups is 1. The number of hydrazone groups is 1. The van der Waals surface area contributed by atoms with Gasteiger partial charge in [0.2, 0.25) is 0 Å². The van der Waals surface area contributed by atoms with Crippen LogP contribution in [0.25, 0.3) is 0 Å². The largest absolute Gasteiger partial charge is 0.508 e. The van der Waals surface area contributed by atoms with E-state index in [1.165, 1.54) is 42.6 Å². The van der Waals surface area contributed by atoms with Crippen LogP contribution in [-0.4, -0.2) is 23.8 Å². The van der Waals surface area contributed by atoms with Gasteiger partial charge in [-0.05, 0) is 30.3 Å². The molecule has 0 aliphatic carbocycles. The molecule has 1 amide bonds. The van der Waals surface area contributed by atoms with Crippen molar-refractivity contribution in [2.45, 2.75) is 6.61 Å². The number of ether oxygens (including phenoxy) is 1. The number of amides is 1. The molecule has 0 aliphatic rings. The van der Waals surface area contributed by atoms with Gasteiger partial charge in [0.15, 0.2) is 0 Å². The lowest BCUT2D eigenvalue weighted by Crippen LogP contribution is -2.17. The van der Waals surface area contributed by atoms with Crippen LogP contribution >= 0.6 is 0 Å². The molecule has 0 heterocycles. The fourth-order valence-corrected chi connectivity index (χ4v) is 1.66. The lowest BCUT2D eigenvalue weighted by atomic mass is 10.2. The average Bonchev–Trinajstić information content (AvgIpc) is 2.48. The van der Waals surface area contributed by atoms with Crippen LogP contribution in [0.3, 0.4) is 0 Å². The molecule has 0 saturated carbocycles. The predicted octanol–water partition coefficient (Wildman–Crippen LogP) is 2.76. The highest BCUT2D eigenvalue weighted by Gasteiger charge is 2.08. The number of rotatable bonds is 5.